The molecular formula is C24H32N6O2. The number of aromatic nitrogens is 3. The molecule has 1 unspecified atom stereocenters. The van der Waals surface area contributed by atoms with E-state index in [0.29, 0.717) is 5.82 Å². The highest BCUT2D eigenvalue weighted by Crippen LogP contribution is 2.46. The van der Waals surface area contributed by atoms with Crippen molar-refractivity contribution in [2.75, 3.05) is 29.9 Å². The summed E-state index contributed by atoms with van der Waals surface area (Å²) in [6.45, 7) is 11.8. The third-order valence-electron chi connectivity index (χ3n) is 6.85. The largest absolute Gasteiger partial charge is 0.343 e. The minimum absolute atomic E-state index is 0.0526. The molecule has 2 aromatic rings. The average Bonchev–Trinajstić information content (AvgIpc) is 3.06. The fraction of sp³-hybridized carbons (Fsp3) is 0.542. The summed E-state index contributed by atoms with van der Waals surface area (Å²) in [7, 11) is 0. The van der Waals surface area contributed by atoms with E-state index in [1.807, 2.05) is 30.2 Å². The van der Waals surface area contributed by atoms with Crippen molar-refractivity contribution in [1.29, 1.82) is 0 Å². The van der Waals surface area contributed by atoms with Crippen LogP contribution in [0.5, 0.6) is 0 Å². The molecule has 0 aromatic carbocycles. The Morgan fingerprint density at radius 1 is 1.19 bits per heavy atom. The molecule has 2 aliphatic rings. The number of pyridine rings is 1. The van der Waals surface area contributed by atoms with E-state index in [4.69, 9.17) is 9.97 Å². The molecule has 1 atom stereocenters. The van der Waals surface area contributed by atoms with Crippen molar-refractivity contribution in [3.8, 4) is 0 Å². The zero-order valence-corrected chi connectivity index (χ0v) is 19.6. The van der Waals surface area contributed by atoms with E-state index < -0.39 is 0 Å². The monoisotopic (exact) mass is 436 g/mol. The molecule has 2 aliphatic heterocycles. The van der Waals surface area contributed by atoms with E-state index in [0.717, 1.165) is 61.9 Å². The number of hydrogen-bond acceptors (Lipinski definition) is 6. The Bertz CT molecular complexity index is 1050. The van der Waals surface area contributed by atoms with Crippen LogP contribution in [0.15, 0.2) is 18.3 Å². The highest BCUT2D eigenvalue weighted by Gasteiger charge is 2.39. The second-order valence-corrected chi connectivity index (χ2v) is 9.27. The highest BCUT2D eigenvalue weighted by atomic mass is 16.2. The summed E-state index contributed by atoms with van der Waals surface area (Å²) >= 11 is 0. The summed E-state index contributed by atoms with van der Waals surface area (Å²) in [6.07, 6.45) is 4.61. The second kappa shape index (κ2) is 8.48. The Balaban J connectivity index is 1.68. The lowest BCUT2D eigenvalue weighted by molar-refractivity contribution is -0.129. The number of nitrogens with zero attached hydrogens (tertiary/aromatic N) is 5. The van der Waals surface area contributed by atoms with E-state index in [1.54, 1.807) is 6.92 Å². The molecule has 0 aliphatic carbocycles. The molecule has 1 N–H and O–H groups in total. The third kappa shape index (κ3) is 4.18. The van der Waals surface area contributed by atoms with Gasteiger partial charge in [0.05, 0.1) is 5.69 Å². The number of rotatable bonds is 4. The van der Waals surface area contributed by atoms with Gasteiger partial charge >= 0.3 is 0 Å². The van der Waals surface area contributed by atoms with Crippen LogP contribution in [0.4, 0.5) is 17.3 Å². The van der Waals surface area contributed by atoms with Crippen LogP contribution >= 0.6 is 0 Å². The van der Waals surface area contributed by atoms with E-state index in [-0.39, 0.29) is 23.1 Å². The number of nitrogens with one attached hydrogen (secondary N) is 1. The van der Waals surface area contributed by atoms with Crippen molar-refractivity contribution in [1.82, 2.24) is 19.9 Å². The zero-order chi connectivity index (χ0) is 23.0. The van der Waals surface area contributed by atoms with E-state index in [9.17, 15) is 9.59 Å². The Labute approximate surface area is 189 Å². The van der Waals surface area contributed by atoms with Crippen LogP contribution in [-0.4, -0.2) is 51.3 Å². The summed E-state index contributed by atoms with van der Waals surface area (Å²) in [5.74, 6) is 2.51. The zero-order valence-electron chi connectivity index (χ0n) is 19.6. The van der Waals surface area contributed by atoms with Gasteiger partial charge in [-0.2, -0.15) is 0 Å². The van der Waals surface area contributed by atoms with Crippen molar-refractivity contribution < 1.29 is 9.59 Å². The van der Waals surface area contributed by atoms with Gasteiger partial charge in [0.2, 0.25) is 11.8 Å². The lowest BCUT2D eigenvalue weighted by Gasteiger charge is -2.31. The number of anilines is 3. The number of aryl methyl sites for hydroxylation is 1. The van der Waals surface area contributed by atoms with Gasteiger partial charge in [-0.1, -0.05) is 13.8 Å². The molecule has 4 rings (SSSR count). The molecule has 4 heterocycles. The molecule has 0 bridgehead atoms. The van der Waals surface area contributed by atoms with Crippen LogP contribution in [-0.2, 0) is 15.0 Å². The minimum atomic E-state index is -0.141. The number of carbonyl (C=O) groups excluding carboxylic acids is 2. The van der Waals surface area contributed by atoms with E-state index in [2.05, 4.69) is 29.0 Å². The molecule has 8 nitrogen and oxygen atoms in total. The molecule has 2 aromatic heterocycles. The van der Waals surface area contributed by atoms with Crippen molar-refractivity contribution in [2.24, 2.45) is 0 Å². The second-order valence-electron chi connectivity index (χ2n) is 9.27. The molecule has 170 valence electrons. The van der Waals surface area contributed by atoms with Crippen molar-refractivity contribution in [2.45, 2.75) is 65.2 Å². The maximum absolute atomic E-state index is 11.7. The normalized spacial score (nSPS) is 20.9. The fourth-order valence-corrected chi connectivity index (χ4v) is 4.76. The Morgan fingerprint density at radius 2 is 1.91 bits per heavy atom. The molecule has 32 heavy (non-hydrogen) atoms. The summed E-state index contributed by atoms with van der Waals surface area (Å²) in [6, 6.07) is 3.97. The van der Waals surface area contributed by atoms with E-state index in [1.165, 1.54) is 12.5 Å². The standard InChI is InChI=1S/C24H32N6O2/c1-6-24(5)14-30(20-12-21(27-16(3)31)25-13-19(20)24)22-11-15(2)26-23(28-22)18-7-9-29(10-8-18)17(4)32/h11-13,18H,6-10,14H2,1-5H3,(H,25,27,31). The summed E-state index contributed by atoms with van der Waals surface area (Å²) in [5, 5.41) is 2.80. The minimum Gasteiger partial charge on any atom is -0.343 e. The molecule has 1 fully saturated rings. The number of likely N-dealkylation sites (tertiary alicyclic amines) is 1. The molecule has 2 amide bonds. The van der Waals surface area contributed by atoms with Gasteiger partial charge in [-0.15, -0.1) is 0 Å². The molecule has 1 saturated heterocycles. The van der Waals surface area contributed by atoms with Crippen LogP contribution in [0.25, 0.3) is 0 Å². The van der Waals surface area contributed by atoms with Gasteiger partial charge in [0.15, 0.2) is 0 Å². The Morgan fingerprint density at radius 3 is 2.53 bits per heavy atom. The topological polar surface area (TPSA) is 91.3 Å². The first-order valence-electron chi connectivity index (χ1n) is 11.4. The van der Waals surface area contributed by atoms with Crippen molar-refractivity contribution in [3.63, 3.8) is 0 Å². The molecule has 8 heteroatoms. The first-order chi connectivity index (χ1) is 15.2. The number of amides is 2. The van der Waals surface area contributed by atoms with E-state index >= 15 is 0 Å². The van der Waals surface area contributed by atoms with Crippen molar-refractivity contribution >= 4 is 29.1 Å². The molecule has 0 spiro atoms. The predicted octanol–water partition coefficient (Wildman–Crippen LogP) is 3.68. The summed E-state index contributed by atoms with van der Waals surface area (Å²) < 4.78 is 0. The first kappa shape index (κ1) is 22.2. The number of piperidine rings is 1. The number of fused-ring (bicyclic) bond motifs is 1. The lowest BCUT2D eigenvalue weighted by Crippen LogP contribution is -2.36. The van der Waals surface area contributed by atoms with Crippen LogP contribution in [0, 0.1) is 6.92 Å². The Hall–Kier alpha value is -3.03. The van der Waals surface area contributed by atoms with Crippen LogP contribution < -0.4 is 10.2 Å². The quantitative estimate of drug-likeness (QED) is 0.786. The van der Waals surface area contributed by atoms with Gasteiger partial charge in [-0.05, 0) is 26.2 Å². The maximum Gasteiger partial charge on any atom is 0.222 e. The van der Waals surface area contributed by atoms with Gasteiger partial charge in [0.25, 0.3) is 0 Å². The molecule has 0 radical (unpaired) electrons. The summed E-state index contributed by atoms with van der Waals surface area (Å²) in [4.78, 5) is 41.6. The molecule has 0 saturated carbocycles. The van der Waals surface area contributed by atoms with Gasteiger partial charge in [-0.3, -0.25) is 9.59 Å². The van der Waals surface area contributed by atoms with Gasteiger partial charge in [0.1, 0.15) is 17.5 Å². The number of hydrogen-bond donors (Lipinski definition) is 1. The third-order valence-corrected chi connectivity index (χ3v) is 6.85. The van der Waals surface area contributed by atoms with Gasteiger partial charge < -0.3 is 15.1 Å². The maximum atomic E-state index is 11.7. The van der Waals surface area contributed by atoms with Crippen LogP contribution in [0.2, 0.25) is 0 Å². The van der Waals surface area contributed by atoms with Gasteiger partial charge in [0, 0.05) is 74.4 Å². The van der Waals surface area contributed by atoms with Gasteiger partial charge in [-0.25, -0.2) is 15.0 Å². The Kier molecular flexibility index (Phi) is 5.88. The SMILES string of the molecule is CCC1(C)CN(c2cc(C)nc(C3CCN(C(C)=O)CC3)n2)c2cc(NC(C)=O)ncc21. The average molecular weight is 437 g/mol. The smallest absolute Gasteiger partial charge is 0.222 e. The number of carbonyl (C=O) groups is 2. The van der Waals surface area contributed by atoms with Crippen LogP contribution in [0.3, 0.4) is 0 Å². The van der Waals surface area contributed by atoms with Crippen molar-refractivity contribution in [3.05, 3.63) is 35.4 Å². The highest BCUT2D eigenvalue weighted by molar-refractivity contribution is 5.88. The van der Waals surface area contributed by atoms with Crippen LogP contribution in [0.1, 0.15) is 70.0 Å². The summed E-state index contributed by atoms with van der Waals surface area (Å²) in [5.41, 5.74) is 3.08. The lowest BCUT2D eigenvalue weighted by atomic mass is 9.83. The predicted molar refractivity (Wildman–Crippen MR) is 124 cm³/mol. The fourth-order valence-electron chi connectivity index (χ4n) is 4.76. The first-order valence-corrected chi connectivity index (χ1v) is 11.4. The molecular weight excluding hydrogens is 404 g/mol.